The van der Waals surface area contributed by atoms with Gasteiger partial charge in [0, 0.05) is 23.8 Å². The molecule has 0 saturated carbocycles. The number of aromatic nitrogens is 2. The van der Waals surface area contributed by atoms with E-state index in [-0.39, 0.29) is 11.8 Å². The van der Waals surface area contributed by atoms with Crippen LogP contribution in [-0.2, 0) is 11.3 Å². The Kier molecular flexibility index (Phi) is 5.07. The molecule has 0 bridgehead atoms. The van der Waals surface area contributed by atoms with Crippen LogP contribution >= 0.6 is 0 Å². The van der Waals surface area contributed by atoms with Crippen molar-refractivity contribution in [1.82, 2.24) is 15.1 Å². The lowest BCUT2D eigenvalue weighted by atomic mass is 9.97. The summed E-state index contributed by atoms with van der Waals surface area (Å²) in [5, 5.41) is 11.1. The molecule has 1 aliphatic heterocycles. The lowest BCUT2D eigenvalue weighted by Gasteiger charge is -2.31. The number of amides is 1. The Morgan fingerprint density at radius 1 is 1.17 bits per heavy atom. The largest absolute Gasteiger partial charge is 0.460 e. The first-order valence-corrected chi connectivity index (χ1v) is 10.3. The topological polar surface area (TPSA) is 74.2 Å². The number of anilines is 1. The highest BCUT2D eigenvalue weighted by molar-refractivity contribution is 5.93. The van der Waals surface area contributed by atoms with Gasteiger partial charge in [-0.25, -0.2) is 0 Å². The number of likely N-dealkylation sites (tertiary alicyclic amines) is 1. The second-order valence-corrected chi connectivity index (χ2v) is 7.86. The summed E-state index contributed by atoms with van der Waals surface area (Å²) in [6.45, 7) is 2.46. The molecule has 1 atom stereocenters. The lowest BCUT2D eigenvalue weighted by molar-refractivity contribution is -0.121. The standard InChI is InChI=1S/C24H24N4O2/c29-24(26-20-9-7-17(8-10-20)22-11-12-25-27-22)19-5-3-13-28(15-19)16-21-14-18-4-1-2-6-23(18)30-21/h1-2,4,6-12,14,19H,3,5,13,15-16H2,(H,25,27)(H,26,29)/t19-/m1/s1. The molecule has 0 spiro atoms. The van der Waals surface area contributed by atoms with Gasteiger partial charge in [0.25, 0.3) is 0 Å². The van der Waals surface area contributed by atoms with E-state index in [1.807, 2.05) is 48.5 Å². The third-order valence-electron chi connectivity index (χ3n) is 5.70. The van der Waals surface area contributed by atoms with Gasteiger partial charge in [0.15, 0.2) is 0 Å². The van der Waals surface area contributed by atoms with Gasteiger partial charge < -0.3 is 9.73 Å². The first-order valence-electron chi connectivity index (χ1n) is 10.3. The van der Waals surface area contributed by atoms with E-state index in [1.54, 1.807) is 6.20 Å². The first-order chi connectivity index (χ1) is 14.7. The van der Waals surface area contributed by atoms with Crippen molar-refractivity contribution < 1.29 is 9.21 Å². The summed E-state index contributed by atoms with van der Waals surface area (Å²) in [5.41, 5.74) is 3.73. The fourth-order valence-corrected chi connectivity index (χ4v) is 4.14. The zero-order valence-corrected chi connectivity index (χ0v) is 16.7. The van der Waals surface area contributed by atoms with Gasteiger partial charge in [-0.2, -0.15) is 5.10 Å². The van der Waals surface area contributed by atoms with Crippen LogP contribution in [0.25, 0.3) is 22.2 Å². The van der Waals surface area contributed by atoms with Crippen molar-refractivity contribution in [2.75, 3.05) is 18.4 Å². The molecule has 1 fully saturated rings. The minimum absolute atomic E-state index is 0.0181. The Hall–Kier alpha value is -3.38. The van der Waals surface area contributed by atoms with Gasteiger partial charge in [0.2, 0.25) is 5.91 Å². The number of H-pyrrole nitrogens is 1. The quantitative estimate of drug-likeness (QED) is 0.510. The number of piperidine rings is 1. The number of hydrogen-bond acceptors (Lipinski definition) is 4. The van der Waals surface area contributed by atoms with Crippen LogP contribution in [0.1, 0.15) is 18.6 Å². The Bertz CT molecular complexity index is 1100. The number of rotatable bonds is 5. The highest BCUT2D eigenvalue weighted by Crippen LogP contribution is 2.24. The Morgan fingerprint density at radius 2 is 2.03 bits per heavy atom. The SMILES string of the molecule is O=C(Nc1ccc(-c2ccn[nH]2)cc1)[C@@H]1CCCN(Cc2cc3ccccc3o2)C1. The minimum atomic E-state index is -0.0181. The fraction of sp³-hybridized carbons (Fsp3) is 0.250. The first kappa shape index (κ1) is 18.6. The summed E-state index contributed by atoms with van der Waals surface area (Å²) in [6, 6.07) is 19.9. The molecule has 30 heavy (non-hydrogen) atoms. The second kappa shape index (κ2) is 8.16. The van der Waals surface area contributed by atoms with Crippen molar-refractivity contribution in [3.05, 3.63) is 72.6 Å². The van der Waals surface area contributed by atoms with Gasteiger partial charge in [0.1, 0.15) is 11.3 Å². The summed E-state index contributed by atoms with van der Waals surface area (Å²) in [6.07, 6.45) is 3.65. The van der Waals surface area contributed by atoms with Gasteiger partial charge in [0.05, 0.1) is 18.2 Å². The van der Waals surface area contributed by atoms with Crippen molar-refractivity contribution in [1.29, 1.82) is 0 Å². The van der Waals surface area contributed by atoms with Gasteiger partial charge >= 0.3 is 0 Å². The number of aromatic amines is 1. The molecule has 2 aromatic carbocycles. The van der Waals surface area contributed by atoms with E-state index in [4.69, 9.17) is 4.42 Å². The summed E-state index contributed by atoms with van der Waals surface area (Å²) in [5.74, 6) is 1.01. The Morgan fingerprint density at radius 3 is 2.83 bits per heavy atom. The van der Waals surface area contributed by atoms with E-state index in [2.05, 4.69) is 32.5 Å². The van der Waals surface area contributed by atoms with Crippen LogP contribution in [0, 0.1) is 5.92 Å². The molecule has 3 heterocycles. The number of hydrogen-bond donors (Lipinski definition) is 2. The van der Waals surface area contributed by atoms with Crippen molar-refractivity contribution in [2.45, 2.75) is 19.4 Å². The van der Waals surface area contributed by atoms with E-state index >= 15 is 0 Å². The summed E-state index contributed by atoms with van der Waals surface area (Å²) in [7, 11) is 0. The highest BCUT2D eigenvalue weighted by atomic mass is 16.3. The van der Waals surface area contributed by atoms with E-state index < -0.39 is 0 Å². The Balaban J connectivity index is 1.20. The normalized spacial score (nSPS) is 17.3. The van der Waals surface area contributed by atoms with Gasteiger partial charge in [-0.3, -0.25) is 14.8 Å². The molecule has 2 aromatic heterocycles. The third kappa shape index (κ3) is 4.00. The molecule has 1 aliphatic rings. The number of carbonyl (C=O) groups excluding carboxylic acids is 1. The van der Waals surface area contributed by atoms with Crippen molar-refractivity contribution in [3.8, 4) is 11.3 Å². The van der Waals surface area contributed by atoms with Crippen LogP contribution in [0.4, 0.5) is 5.69 Å². The monoisotopic (exact) mass is 400 g/mol. The van der Waals surface area contributed by atoms with Crippen LogP contribution in [0.3, 0.4) is 0 Å². The number of nitrogens with zero attached hydrogens (tertiary/aromatic N) is 2. The summed E-state index contributed by atoms with van der Waals surface area (Å²) >= 11 is 0. The van der Waals surface area contributed by atoms with E-state index in [9.17, 15) is 4.79 Å². The zero-order valence-electron chi connectivity index (χ0n) is 16.7. The molecule has 0 unspecified atom stereocenters. The predicted molar refractivity (Wildman–Crippen MR) is 117 cm³/mol. The minimum Gasteiger partial charge on any atom is -0.460 e. The molecular formula is C24H24N4O2. The van der Waals surface area contributed by atoms with Crippen molar-refractivity contribution >= 4 is 22.6 Å². The summed E-state index contributed by atoms with van der Waals surface area (Å²) < 4.78 is 5.95. The molecular weight excluding hydrogens is 376 g/mol. The number of fused-ring (bicyclic) bond motifs is 1. The van der Waals surface area contributed by atoms with E-state index in [0.717, 1.165) is 66.2 Å². The molecule has 0 radical (unpaired) electrons. The molecule has 6 nitrogen and oxygen atoms in total. The van der Waals surface area contributed by atoms with Crippen molar-refractivity contribution in [3.63, 3.8) is 0 Å². The second-order valence-electron chi connectivity index (χ2n) is 7.86. The molecule has 1 saturated heterocycles. The van der Waals surface area contributed by atoms with E-state index in [0.29, 0.717) is 0 Å². The number of carbonyl (C=O) groups is 1. The highest BCUT2D eigenvalue weighted by Gasteiger charge is 2.26. The van der Waals surface area contributed by atoms with Crippen LogP contribution in [0.5, 0.6) is 0 Å². The van der Waals surface area contributed by atoms with Crippen LogP contribution in [0.2, 0.25) is 0 Å². The van der Waals surface area contributed by atoms with Crippen LogP contribution < -0.4 is 5.32 Å². The van der Waals surface area contributed by atoms with Crippen molar-refractivity contribution in [2.24, 2.45) is 5.92 Å². The number of para-hydroxylation sites is 1. The Labute approximate surface area is 174 Å². The fourth-order valence-electron chi connectivity index (χ4n) is 4.14. The van der Waals surface area contributed by atoms with Gasteiger partial charge in [-0.1, -0.05) is 30.3 Å². The maximum atomic E-state index is 12.8. The van der Waals surface area contributed by atoms with E-state index in [1.165, 1.54) is 0 Å². The maximum absolute atomic E-state index is 12.8. The average Bonchev–Trinajstić information content (AvgIpc) is 3.44. The van der Waals surface area contributed by atoms with Crippen LogP contribution in [0.15, 0.2) is 71.3 Å². The van der Waals surface area contributed by atoms with Gasteiger partial charge in [-0.15, -0.1) is 0 Å². The molecule has 0 aliphatic carbocycles. The van der Waals surface area contributed by atoms with Gasteiger partial charge in [-0.05, 0) is 55.3 Å². The third-order valence-corrected chi connectivity index (χ3v) is 5.70. The summed E-state index contributed by atoms with van der Waals surface area (Å²) in [4.78, 5) is 15.2. The van der Waals surface area contributed by atoms with Crippen LogP contribution in [-0.4, -0.2) is 34.1 Å². The lowest BCUT2D eigenvalue weighted by Crippen LogP contribution is -2.40. The number of nitrogens with one attached hydrogen (secondary N) is 2. The molecule has 2 N–H and O–H groups in total. The molecule has 5 rings (SSSR count). The predicted octanol–water partition coefficient (Wildman–Crippen LogP) is 4.67. The molecule has 152 valence electrons. The number of benzene rings is 2. The number of furan rings is 1. The maximum Gasteiger partial charge on any atom is 0.228 e. The zero-order chi connectivity index (χ0) is 20.3. The molecule has 1 amide bonds. The molecule has 4 aromatic rings. The molecule has 6 heteroatoms. The average molecular weight is 400 g/mol. The smallest absolute Gasteiger partial charge is 0.228 e.